The van der Waals surface area contributed by atoms with Crippen LogP contribution in [0, 0.1) is 0 Å². The third-order valence-corrected chi connectivity index (χ3v) is 8.34. The van der Waals surface area contributed by atoms with Gasteiger partial charge >= 0.3 is 11.9 Å². The molecule has 0 atom stereocenters. The van der Waals surface area contributed by atoms with Crippen molar-refractivity contribution >= 4 is 92.5 Å². The highest BCUT2D eigenvalue weighted by Crippen LogP contribution is 2.33. The van der Waals surface area contributed by atoms with E-state index in [2.05, 4.69) is 35.4 Å². The number of methoxy groups -OCH3 is 2. The molecular formula is C26H17BrN2O6S2. The van der Waals surface area contributed by atoms with Gasteiger partial charge in [0.05, 0.1) is 55.6 Å². The van der Waals surface area contributed by atoms with Crippen molar-refractivity contribution < 1.29 is 19.1 Å². The molecule has 11 heteroatoms. The fourth-order valence-corrected chi connectivity index (χ4v) is 6.56. The molecule has 0 spiro atoms. The summed E-state index contributed by atoms with van der Waals surface area (Å²) >= 11 is 6.40. The Kier molecular flexibility index (Phi) is 6.67. The fraction of sp³-hybridized carbons (Fsp3) is 0.0769. The van der Waals surface area contributed by atoms with Crippen molar-refractivity contribution in [3.05, 3.63) is 89.5 Å². The highest BCUT2D eigenvalue weighted by molar-refractivity contribution is 9.11. The minimum atomic E-state index is -0.421. The molecular weight excluding hydrogens is 580 g/mol. The summed E-state index contributed by atoms with van der Waals surface area (Å²) in [5.41, 5.74) is 1.83. The Morgan fingerprint density at radius 3 is 1.84 bits per heavy atom. The molecule has 2 aromatic carbocycles. The minimum Gasteiger partial charge on any atom is -0.465 e. The van der Waals surface area contributed by atoms with Crippen LogP contribution in [0.15, 0.2) is 67.3 Å². The molecule has 0 aliphatic rings. The van der Waals surface area contributed by atoms with Gasteiger partial charge in [0.25, 0.3) is 11.1 Å². The summed E-state index contributed by atoms with van der Waals surface area (Å²) in [5.74, 6) is -0.834. The zero-order chi connectivity index (χ0) is 26.3. The Hall–Kier alpha value is -3.80. The Labute approximate surface area is 224 Å². The molecule has 4 heterocycles. The van der Waals surface area contributed by atoms with Crippen LogP contribution in [-0.4, -0.2) is 36.1 Å². The number of thiophene rings is 2. The molecule has 8 nitrogen and oxygen atoms in total. The standard InChI is InChI=1S/C13H8BrNO3S.C13H9NO3S/c1-18-13(17)6-2-3-7-9(4-6)15-12(16)8-5-10(14)19-11(7)8;1-17-13(16)7-2-3-8-10(6-7)14-12(15)9-4-5-18-11(8)9/h2-5H,1H3,(H,15,16);2-6H,1H3,(H,14,15). The lowest BCUT2D eigenvalue weighted by Crippen LogP contribution is -2.06. The second kappa shape index (κ2) is 9.92. The first-order valence-electron chi connectivity index (χ1n) is 10.8. The summed E-state index contributed by atoms with van der Waals surface area (Å²) in [4.78, 5) is 52.3. The van der Waals surface area contributed by atoms with E-state index in [4.69, 9.17) is 0 Å². The van der Waals surface area contributed by atoms with E-state index in [0.29, 0.717) is 32.9 Å². The number of hydrogen-bond donors (Lipinski definition) is 2. The third kappa shape index (κ3) is 4.57. The van der Waals surface area contributed by atoms with Gasteiger partial charge in [-0.2, -0.15) is 0 Å². The topological polar surface area (TPSA) is 118 Å². The van der Waals surface area contributed by atoms with Crippen LogP contribution in [-0.2, 0) is 9.47 Å². The van der Waals surface area contributed by atoms with Crippen molar-refractivity contribution in [2.45, 2.75) is 0 Å². The van der Waals surface area contributed by atoms with Crippen LogP contribution in [0.5, 0.6) is 0 Å². The monoisotopic (exact) mass is 596 g/mol. The highest BCUT2D eigenvalue weighted by Gasteiger charge is 2.12. The second-order valence-electron chi connectivity index (χ2n) is 7.87. The average Bonchev–Trinajstić information content (AvgIpc) is 3.55. The lowest BCUT2D eigenvalue weighted by Gasteiger charge is -2.03. The van der Waals surface area contributed by atoms with Gasteiger partial charge in [-0.25, -0.2) is 9.59 Å². The maximum Gasteiger partial charge on any atom is 0.337 e. The zero-order valence-electron chi connectivity index (χ0n) is 19.3. The molecule has 186 valence electrons. The van der Waals surface area contributed by atoms with E-state index in [9.17, 15) is 19.2 Å². The number of aromatic amines is 2. The minimum absolute atomic E-state index is 0.138. The van der Waals surface area contributed by atoms with Gasteiger partial charge in [-0.3, -0.25) is 9.59 Å². The molecule has 6 rings (SSSR count). The summed E-state index contributed by atoms with van der Waals surface area (Å²) in [6, 6.07) is 13.9. The summed E-state index contributed by atoms with van der Waals surface area (Å²) in [6.45, 7) is 0. The van der Waals surface area contributed by atoms with Crippen molar-refractivity contribution in [3.63, 3.8) is 0 Å². The molecule has 6 aromatic rings. The highest BCUT2D eigenvalue weighted by atomic mass is 79.9. The molecule has 0 unspecified atom stereocenters. The number of nitrogens with one attached hydrogen (secondary N) is 2. The number of aromatic nitrogens is 2. The van der Waals surface area contributed by atoms with Gasteiger partial charge < -0.3 is 19.4 Å². The fourth-order valence-electron chi connectivity index (χ4n) is 3.99. The van der Waals surface area contributed by atoms with Crippen LogP contribution in [0.1, 0.15) is 20.7 Å². The lowest BCUT2D eigenvalue weighted by atomic mass is 10.1. The van der Waals surface area contributed by atoms with Crippen LogP contribution < -0.4 is 11.1 Å². The van der Waals surface area contributed by atoms with E-state index >= 15 is 0 Å². The second-order valence-corrected chi connectivity index (χ2v) is 11.2. The summed E-state index contributed by atoms with van der Waals surface area (Å²) in [7, 11) is 2.66. The molecule has 37 heavy (non-hydrogen) atoms. The number of hydrogen-bond acceptors (Lipinski definition) is 8. The average molecular weight is 597 g/mol. The van der Waals surface area contributed by atoms with E-state index in [0.717, 1.165) is 24.0 Å². The number of esters is 2. The van der Waals surface area contributed by atoms with Crippen LogP contribution in [0.25, 0.3) is 42.0 Å². The first kappa shape index (κ1) is 24.9. The Morgan fingerprint density at radius 1 is 0.730 bits per heavy atom. The van der Waals surface area contributed by atoms with Crippen LogP contribution in [0.4, 0.5) is 0 Å². The largest absolute Gasteiger partial charge is 0.465 e. The molecule has 0 aliphatic heterocycles. The van der Waals surface area contributed by atoms with Gasteiger partial charge in [0.15, 0.2) is 0 Å². The molecule has 0 bridgehead atoms. The van der Waals surface area contributed by atoms with Crippen LogP contribution in [0.3, 0.4) is 0 Å². The molecule has 0 radical (unpaired) electrons. The molecule has 2 N–H and O–H groups in total. The van der Waals surface area contributed by atoms with E-state index < -0.39 is 11.9 Å². The zero-order valence-corrected chi connectivity index (χ0v) is 22.6. The quantitative estimate of drug-likeness (QED) is 0.243. The van der Waals surface area contributed by atoms with Gasteiger partial charge in [-0.05, 0) is 57.7 Å². The number of carbonyl (C=O) groups is 2. The van der Waals surface area contributed by atoms with Crippen molar-refractivity contribution in [1.82, 2.24) is 9.97 Å². The molecule has 4 aromatic heterocycles. The van der Waals surface area contributed by atoms with Crippen molar-refractivity contribution in [3.8, 4) is 0 Å². The number of benzene rings is 2. The number of pyridine rings is 2. The van der Waals surface area contributed by atoms with E-state index in [-0.39, 0.29) is 11.1 Å². The van der Waals surface area contributed by atoms with Gasteiger partial charge in [0, 0.05) is 15.5 Å². The van der Waals surface area contributed by atoms with E-state index in [1.54, 1.807) is 36.4 Å². The molecule has 0 fully saturated rings. The number of halogens is 1. The van der Waals surface area contributed by atoms with E-state index in [1.165, 1.54) is 36.9 Å². The van der Waals surface area contributed by atoms with Gasteiger partial charge in [0.1, 0.15) is 0 Å². The maximum atomic E-state index is 12.0. The number of ether oxygens (including phenoxy) is 2. The summed E-state index contributed by atoms with van der Waals surface area (Å²) in [6.07, 6.45) is 0. The van der Waals surface area contributed by atoms with Crippen LogP contribution in [0.2, 0.25) is 0 Å². The Balaban J connectivity index is 0.000000152. The van der Waals surface area contributed by atoms with Crippen molar-refractivity contribution in [2.75, 3.05) is 14.2 Å². The van der Waals surface area contributed by atoms with Crippen molar-refractivity contribution in [1.29, 1.82) is 0 Å². The van der Waals surface area contributed by atoms with Gasteiger partial charge in [0.2, 0.25) is 0 Å². The number of H-pyrrole nitrogens is 2. The SMILES string of the molecule is COC(=O)c1ccc2c(c1)[nH]c(=O)c1cc(Br)sc12.COC(=O)c1ccc2c(c1)[nH]c(=O)c1ccsc12. The van der Waals surface area contributed by atoms with Crippen LogP contribution >= 0.6 is 38.6 Å². The Morgan fingerprint density at radius 2 is 1.27 bits per heavy atom. The summed E-state index contributed by atoms with van der Waals surface area (Å²) in [5, 5.41) is 5.06. The molecule has 0 aliphatic carbocycles. The summed E-state index contributed by atoms with van der Waals surface area (Å²) < 4.78 is 12.1. The lowest BCUT2D eigenvalue weighted by molar-refractivity contribution is 0.0592. The van der Waals surface area contributed by atoms with Crippen molar-refractivity contribution in [2.24, 2.45) is 0 Å². The smallest absolute Gasteiger partial charge is 0.337 e. The predicted molar refractivity (Wildman–Crippen MR) is 150 cm³/mol. The molecule has 0 saturated carbocycles. The maximum absolute atomic E-state index is 12.0. The normalized spacial score (nSPS) is 11.0. The molecule has 0 amide bonds. The Bertz CT molecular complexity index is 1970. The molecule has 0 saturated heterocycles. The van der Waals surface area contributed by atoms with Gasteiger partial charge in [-0.1, -0.05) is 12.1 Å². The number of rotatable bonds is 2. The first-order chi connectivity index (χ1) is 17.8. The third-order valence-electron chi connectivity index (χ3n) is 5.72. The number of fused-ring (bicyclic) bond motifs is 6. The van der Waals surface area contributed by atoms with Gasteiger partial charge in [-0.15, -0.1) is 22.7 Å². The number of carbonyl (C=O) groups excluding carboxylic acids is 2. The predicted octanol–water partition coefficient (Wildman–Crippen LogP) is 5.82. The first-order valence-corrected chi connectivity index (χ1v) is 13.2. The van der Waals surface area contributed by atoms with E-state index in [1.807, 2.05) is 17.5 Å².